The zero-order valence-electron chi connectivity index (χ0n) is 17.3. The minimum Gasteiger partial charge on any atom is -0.490 e. The van der Waals surface area contributed by atoms with E-state index in [1.807, 2.05) is 55.5 Å². The van der Waals surface area contributed by atoms with Crippen LogP contribution in [0.4, 0.5) is 0 Å². The van der Waals surface area contributed by atoms with Crippen molar-refractivity contribution in [1.29, 1.82) is 0 Å². The number of esters is 1. The number of ketones is 1. The lowest BCUT2D eigenvalue weighted by atomic mass is 9.75. The maximum absolute atomic E-state index is 13.1. The van der Waals surface area contributed by atoms with Crippen LogP contribution in [0, 0.1) is 0 Å². The molecule has 1 aliphatic carbocycles. The maximum atomic E-state index is 13.1. The molecule has 0 unspecified atom stereocenters. The van der Waals surface area contributed by atoms with Gasteiger partial charge in [0.1, 0.15) is 19.0 Å². The van der Waals surface area contributed by atoms with Gasteiger partial charge in [-0.15, -0.1) is 0 Å². The smallest absolute Gasteiger partial charge is 0.336 e. The first kappa shape index (κ1) is 21.2. The van der Waals surface area contributed by atoms with Gasteiger partial charge in [0.2, 0.25) is 0 Å². The topological polar surface area (TPSA) is 64.6 Å². The Balaban J connectivity index is 1.56. The molecule has 2 aromatic rings. The second-order valence-electron chi connectivity index (χ2n) is 7.62. The molecule has 0 aromatic heterocycles. The Labute approximate surface area is 186 Å². The van der Waals surface area contributed by atoms with Crippen molar-refractivity contribution in [3.8, 4) is 5.75 Å². The number of benzene rings is 2. The van der Waals surface area contributed by atoms with E-state index in [0.29, 0.717) is 34.0 Å². The molecule has 1 heterocycles. The van der Waals surface area contributed by atoms with Crippen molar-refractivity contribution in [2.45, 2.75) is 32.1 Å². The van der Waals surface area contributed by atoms with Crippen LogP contribution in [-0.2, 0) is 14.3 Å². The van der Waals surface area contributed by atoms with Crippen LogP contribution < -0.4 is 10.1 Å². The Bertz CT molecular complexity index is 1060. The second kappa shape index (κ2) is 9.40. The highest BCUT2D eigenvalue weighted by molar-refractivity contribution is 6.30. The highest BCUT2D eigenvalue weighted by Crippen LogP contribution is 2.42. The lowest BCUT2D eigenvalue weighted by Gasteiger charge is -2.34. The van der Waals surface area contributed by atoms with Crippen LogP contribution in [0.1, 0.15) is 37.7 Å². The Morgan fingerprint density at radius 3 is 2.68 bits per heavy atom. The third-order valence-corrected chi connectivity index (χ3v) is 5.74. The molecule has 5 nitrogen and oxygen atoms in total. The van der Waals surface area contributed by atoms with E-state index in [-0.39, 0.29) is 19.0 Å². The van der Waals surface area contributed by atoms with Crippen LogP contribution in [0.5, 0.6) is 5.75 Å². The van der Waals surface area contributed by atoms with E-state index < -0.39 is 11.9 Å². The van der Waals surface area contributed by atoms with Crippen LogP contribution in [0.3, 0.4) is 0 Å². The third-order valence-electron chi connectivity index (χ3n) is 5.51. The number of allylic oxidation sites excluding steroid dienone is 3. The molecule has 2 aromatic carbocycles. The third kappa shape index (κ3) is 4.67. The van der Waals surface area contributed by atoms with E-state index in [0.717, 1.165) is 24.1 Å². The van der Waals surface area contributed by atoms with Gasteiger partial charge in [-0.1, -0.05) is 41.9 Å². The molecule has 0 spiro atoms. The normalized spacial score (nSPS) is 18.4. The molecule has 4 rings (SSSR count). The number of Topliss-reactive ketones (excluding diaryl/α,β-unsaturated/α-hetero) is 1. The molecular formula is C25H24ClNO4. The molecule has 0 saturated heterocycles. The number of hydrogen-bond acceptors (Lipinski definition) is 5. The van der Waals surface area contributed by atoms with E-state index in [9.17, 15) is 9.59 Å². The van der Waals surface area contributed by atoms with Crippen molar-refractivity contribution in [3.05, 3.63) is 87.7 Å². The summed E-state index contributed by atoms with van der Waals surface area (Å²) >= 11 is 6.23. The number of para-hydroxylation sites is 1. The summed E-state index contributed by atoms with van der Waals surface area (Å²) in [5, 5.41) is 3.84. The largest absolute Gasteiger partial charge is 0.490 e. The average molecular weight is 438 g/mol. The van der Waals surface area contributed by atoms with Gasteiger partial charge in [-0.05, 0) is 49.6 Å². The SMILES string of the molecule is CC1=C(C(=O)OCCOc2ccccc2)[C@H](c2cccc(Cl)c2)C2=C(CCCC2=O)N1. The lowest BCUT2D eigenvalue weighted by Crippen LogP contribution is -2.34. The molecule has 6 heteroatoms. The van der Waals surface area contributed by atoms with Crippen molar-refractivity contribution in [2.75, 3.05) is 13.2 Å². The number of carbonyl (C=O) groups excluding carboxylic acids is 2. The molecule has 2 aliphatic rings. The summed E-state index contributed by atoms with van der Waals surface area (Å²) < 4.78 is 11.2. The number of halogens is 1. The Hall–Kier alpha value is -3.05. The minimum atomic E-state index is -0.495. The molecule has 160 valence electrons. The predicted octanol–water partition coefficient (Wildman–Crippen LogP) is 4.93. The van der Waals surface area contributed by atoms with Crippen molar-refractivity contribution in [2.24, 2.45) is 0 Å². The Kier molecular flexibility index (Phi) is 6.42. The van der Waals surface area contributed by atoms with Crippen LogP contribution in [0.25, 0.3) is 0 Å². The lowest BCUT2D eigenvalue weighted by molar-refractivity contribution is -0.140. The Morgan fingerprint density at radius 2 is 1.90 bits per heavy atom. The number of dihydropyridines is 1. The highest BCUT2D eigenvalue weighted by Gasteiger charge is 2.39. The first-order chi connectivity index (χ1) is 15.0. The fourth-order valence-electron chi connectivity index (χ4n) is 4.16. The molecule has 0 fully saturated rings. The monoisotopic (exact) mass is 437 g/mol. The van der Waals surface area contributed by atoms with Crippen molar-refractivity contribution in [1.82, 2.24) is 5.32 Å². The van der Waals surface area contributed by atoms with Gasteiger partial charge >= 0.3 is 5.97 Å². The fraction of sp³-hybridized carbons (Fsp3) is 0.280. The summed E-state index contributed by atoms with van der Waals surface area (Å²) in [7, 11) is 0. The number of rotatable bonds is 6. The second-order valence-corrected chi connectivity index (χ2v) is 8.05. The summed E-state index contributed by atoms with van der Waals surface area (Å²) in [5.74, 6) is -0.182. The van der Waals surface area contributed by atoms with E-state index in [1.54, 1.807) is 6.07 Å². The van der Waals surface area contributed by atoms with Crippen LogP contribution in [0.15, 0.2) is 77.1 Å². The summed E-state index contributed by atoms with van der Waals surface area (Å²) in [6, 6.07) is 16.7. The molecular weight excluding hydrogens is 414 g/mol. The average Bonchev–Trinajstić information content (AvgIpc) is 2.76. The first-order valence-corrected chi connectivity index (χ1v) is 10.8. The van der Waals surface area contributed by atoms with Gasteiger partial charge in [-0.3, -0.25) is 4.79 Å². The Morgan fingerprint density at radius 1 is 1.10 bits per heavy atom. The van der Waals surface area contributed by atoms with Crippen LogP contribution >= 0.6 is 11.6 Å². The molecule has 1 atom stereocenters. The number of nitrogens with one attached hydrogen (secondary N) is 1. The van der Waals surface area contributed by atoms with Gasteiger partial charge in [-0.2, -0.15) is 0 Å². The summed E-state index contributed by atoms with van der Waals surface area (Å²) in [5.41, 5.74) is 3.49. The quantitative estimate of drug-likeness (QED) is 0.512. The molecule has 0 amide bonds. The van der Waals surface area contributed by atoms with Crippen LogP contribution in [-0.4, -0.2) is 25.0 Å². The molecule has 31 heavy (non-hydrogen) atoms. The van der Waals surface area contributed by atoms with Gasteiger partial charge < -0.3 is 14.8 Å². The molecule has 0 radical (unpaired) electrons. The standard InChI is InChI=1S/C25H24ClNO4/c1-16-22(25(29)31-14-13-30-19-9-3-2-4-10-19)23(17-7-5-8-18(26)15-17)24-20(27-16)11-6-12-21(24)28/h2-5,7-10,15,23,27H,6,11-14H2,1H3/t23-/m0/s1. The molecule has 1 N–H and O–H groups in total. The van der Waals surface area contributed by atoms with Gasteiger partial charge in [-0.25, -0.2) is 4.79 Å². The highest BCUT2D eigenvalue weighted by atomic mass is 35.5. The molecule has 0 bridgehead atoms. The minimum absolute atomic E-state index is 0.0592. The van der Waals surface area contributed by atoms with E-state index in [2.05, 4.69) is 5.32 Å². The van der Waals surface area contributed by atoms with Crippen LogP contribution in [0.2, 0.25) is 5.02 Å². The summed E-state index contributed by atoms with van der Waals surface area (Å²) in [6.07, 6.45) is 2.06. The van der Waals surface area contributed by atoms with Crippen molar-refractivity contribution < 1.29 is 19.1 Å². The predicted molar refractivity (Wildman–Crippen MR) is 119 cm³/mol. The molecule has 0 saturated carbocycles. The maximum Gasteiger partial charge on any atom is 0.336 e. The summed E-state index contributed by atoms with van der Waals surface area (Å²) in [6.45, 7) is 2.19. The summed E-state index contributed by atoms with van der Waals surface area (Å²) in [4.78, 5) is 26.0. The fourth-order valence-corrected chi connectivity index (χ4v) is 4.36. The molecule has 1 aliphatic heterocycles. The van der Waals surface area contributed by atoms with Crippen molar-refractivity contribution >= 4 is 23.4 Å². The van der Waals surface area contributed by atoms with E-state index in [1.165, 1.54) is 0 Å². The van der Waals surface area contributed by atoms with Gasteiger partial charge in [0.15, 0.2) is 5.78 Å². The van der Waals surface area contributed by atoms with Gasteiger partial charge in [0, 0.05) is 34.3 Å². The number of ether oxygens (including phenoxy) is 2. The number of hydrogen-bond donors (Lipinski definition) is 1. The van der Waals surface area contributed by atoms with E-state index >= 15 is 0 Å². The zero-order chi connectivity index (χ0) is 21.8. The van der Waals surface area contributed by atoms with Gasteiger partial charge in [0.25, 0.3) is 0 Å². The van der Waals surface area contributed by atoms with Gasteiger partial charge in [0.05, 0.1) is 5.57 Å². The van der Waals surface area contributed by atoms with Crippen molar-refractivity contribution in [3.63, 3.8) is 0 Å². The zero-order valence-corrected chi connectivity index (χ0v) is 18.1. The van der Waals surface area contributed by atoms with E-state index in [4.69, 9.17) is 21.1 Å². The number of carbonyl (C=O) groups is 2. The first-order valence-electron chi connectivity index (χ1n) is 10.4.